The molecule has 0 spiro atoms. The van der Waals surface area contributed by atoms with Crippen LogP contribution in [-0.4, -0.2) is 86.2 Å². The van der Waals surface area contributed by atoms with Gasteiger partial charge in [-0.2, -0.15) is 0 Å². The minimum absolute atomic E-state index is 0. The van der Waals surface area contributed by atoms with E-state index in [1.54, 1.807) is 0 Å². The number of rotatable bonds is 7. The molecular formula is C23H44IN5O2. The molecule has 31 heavy (non-hydrogen) atoms. The fraction of sp³-hybridized carbons (Fsp3) is 0.913. The lowest BCUT2D eigenvalue weighted by molar-refractivity contribution is -0.135. The molecule has 1 amide bonds. The molecule has 0 aromatic heterocycles. The maximum absolute atomic E-state index is 12.9. The molecular weight excluding hydrogens is 505 g/mol. The summed E-state index contributed by atoms with van der Waals surface area (Å²) in [4.78, 5) is 22.4. The van der Waals surface area contributed by atoms with E-state index in [9.17, 15) is 4.79 Å². The highest BCUT2D eigenvalue weighted by Gasteiger charge is 2.32. The third kappa shape index (κ3) is 8.03. The SMILES string of the molecule is CCNC(=NCC(C(C)C)N1CCOCC1)NC1CCN(C(=O)C2CCCCC2)C1.I. The second-order valence-corrected chi connectivity index (χ2v) is 9.43. The van der Waals surface area contributed by atoms with Crippen molar-refractivity contribution in [2.45, 2.75) is 71.4 Å². The monoisotopic (exact) mass is 549 g/mol. The van der Waals surface area contributed by atoms with E-state index in [1.807, 2.05) is 0 Å². The number of morpholine rings is 1. The highest BCUT2D eigenvalue weighted by atomic mass is 127. The van der Waals surface area contributed by atoms with Crippen LogP contribution in [0, 0.1) is 11.8 Å². The summed E-state index contributed by atoms with van der Waals surface area (Å²) in [6.07, 6.45) is 6.87. The molecule has 2 unspecified atom stereocenters. The Morgan fingerprint density at radius 3 is 2.45 bits per heavy atom. The highest BCUT2D eigenvalue weighted by Crippen LogP contribution is 2.26. The summed E-state index contributed by atoms with van der Waals surface area (Å²) in [5.41, 5.74) is 0. The van der Waals surface area contributed by atoms with Gasteiger partial charge in [-0.1, -0.05) is 33.1 Å². The van der Waals surface area contributed by atoms with Gasteiger partial charge in [0, 0.05) is 50.7 Å². The van der Waals surface area contributed by atoms with E-state index >= 15 is 0 Å². The molecule has 2 heterocycles. The minimum atomic E-state index is 0. The molecule has 2 atom stereocenters. The topological polar surface area (TPSA) is 69.2 Å². The lowest BCUT2D eigenvalue weighted by Gasteiger charge is -2.36. The number of likely N-dealkylation sites (tertiary alicyclic amines) is 1. The van der Waals surface area contributed by atoms with Crippen molar-refractivity contribution in [2.24, 2.45) is 16.8 Å². The van der Waals surface area contributed by atoms with Gasteiger partial charge in [-0.25, -0.2) is 0 Å². The largest absolute Gasteiger partial charge is 0.379 e. The molecule has 3 aliphatic rings. The van der Waals surface area contributed by atoms with Gasteiger partial charge in [0.1, 0.15) is 0 Å². The summed E-state index contributed by atoms with van der Waals surface area (Å²) in [6, 6.07) is 0.716. The molecule has 0 bridgehead atoms. The average molecular weight is 550 g/mol. The van der Waals surface area contributed by atoms with Crippen LogP contribution in [0.1, 0.15) is 59.3 Å². The van der Waals surface area contributed by atoms with Gasteiger partial charge in [0.25, 0.3) is 0 Å². The van der Waals surface area contributed by atoms with Gasteiger partial charge in [-0.15, -0.1) is 24.0 Å². The maximum atomic E-state index is 12.9. The number of ether oxygens (including phenoxy) is 1. The standard InChI is InChI=1S/C23H43N5O2.HI/c1-4-24-23(25-16-21(18(2)3)27-12-14-30-15-13-27)26-20-10-11-28(17-20)22(29)19-8-6-5-7-9-19;/h18-21H,4-17H2,1-3H3,(H2,24,25,26);1H. The smallest absolute Gasteiger partial charge is 0.225 e. The van der Waals surface area contributed by atoms with Gasteiger partial charge in [0.2, 0.25) is 5.91 Å². The predicted molar refractivity (Wildman–Crippen MR) is 137 cm³/mol. The number of carbonyl (C=O) groups excluding carboxylic acids is 1. The van der Waals surface area contributed by atoms with Gasteiger partial charge in [-0.3, -0.25) is 14.7 Å². The van der Waals surface area contributed by atoms with Crippen LogP contribution in [0.5, 0.6) is 0 Å². The first-order chi connectivity index (χ1) is 14.6. The van der Waals surface area contributed by atoms with E-state index in [2.05, 4.69) is 41.2 Å². The second kappa shape index (κ2) is 13.8. The number of halogens is 1. The van der Waals surface area contributed by atoms with Crippen LogP contribution < -0.4 is 10.6 Å². The number of carbonyl (C=O) groups is 1. The van der Waals surface area contributed by atoms with Gasteiger partial charge < -0.3 is 20.3 Å². The fourth-order valence-electron chi connectivity index (χ4n) is 5.04. The molecule has 0 aromatic carbocycles. The van der Waals surface area contributed by atoms with Crippen LogP contribution in [0.2, 0.25) is 0 Å². The Balaban J connectivity index is 0.00000341. The maximum Gasteiger partial charge on any atom is 0.225 e. The summed E-state index contributed by atoms with van der Waals surface area (Å²) in [6.45, 7) is 13.6. The number of amides is 1. The zero-order valence-electron chi connectivity index (χ0n) is 19.8. The summed E-state index contributed by atoms with van der Waals surface area (Å²) in [7, 11) is 0. The molecule has 0 radical (unpaired) electrons. The van der Waals surface area contributed by atoms with Crippen LogP contribution in [0.3, 0.4) is 0 Å². The number of aliphatic imine (C=N–C) groups is 1. The summed E-state index contributed by atoms with van der Waals surface area (Å²) in [5.74, 6) is 2.08. The molecule has 2 aliphatic heterocycles. The van der Waals surface area contributed by atoms with Gasteiger partial charge in [-0.05, 0) is 32.1 Å². The van der Waals surface area contributed by atoms with Crippen molar-refractivity contribution in [3.63, 3.8) is 0 Å². The van der Waals surface area contributed by atoms with Crippen molar-refractivity contribution >= 4 is 35.8 Å². The Kier molecular flexibility index (Phi) is 11.9. The van der Waals surface area contributed by atoms with Crippen LogP contribution >= 0.6 is 24.0 Å². The second-order valence-electron chi connectivity index (χ2n) is 9.43. The van der Waals surface area contributed by atoms with Gasteiger partial charge >= 0.3 is 0 Å². The Morgan fingerprint density at radius 2 is 1.81 bits per heavy atom. The summed E-state index contributed by atoms with van der Waals surface area (Å²) >= 11 is 0. The normalized spacial score (nSPS) is 24.7. The molecule has 180 valence electrons. The molecule has 3 fully saturated rings. The van der Waals surface area contributed by atoms with Crippen molar-refractivity contribution in [3.8, 4) is 0 Å². The van der Waals surface area contributed by atoms with Crippen LogP contribution in [-0.2, 0) is 9.53 Å². The first-order valence-electron chi connectivity index (χ1n) is 12.2. The van der Waals surface area contributed by atoms with Gasteiger partial charge in [0.05, 0.1) is 19.8 Å². The van der Waals surface area contributed by atoms with Gasteiger partial charge in [0.15, 0.2) is 5.96 Å². The first kappa shape index (κ1) is 26.6. The number of nitrogens with one attached hydrogen (secondary N) is 2. The van der Waals surface area contributed by atoms with Crippen LogP contribution in [0.25, 0.3) is 0 Å². The Bertz CT molecular complexity index is 562. The first-order valence-corrected chi connectivity index (χ1v) is 12.2. The lowest BCUT2D eigenvalue weighted by atomic mass is 9.88. The predicted octanol–water partition coefficient (Wildman–Crippen LogP) is 2.70. The third-order valence-electron chi connectivity index (χ3n) is 6.86. The fourth-order valence-corrected chi connectivity index (χ4v) is 5.04. The molecule has 7 nitrogen and oxygen atoms in total. The Hall–Kier alpha value is -0.610. The van der Waals surface area contributed by atoms with Crippen molar-refractivity contribution in [2.75, 3.05) is 52.5 Å². The quantitative estimate of drug-likeness (QED) is 0.291. The molecule has 1 saturated carbocycles. The molecule has 2 N–H and O–H groups in total. The minimum Gasteiger partial charge on any atom is -0.379 e. The third-order valence-corrected chi connectivity index (χ3v) is 6.86. The number of guanidine groups is 1. The average Bonchev–Trinajstić information content (AvgIpc) is 3.23. The number of hydrogen-bond donors (Lipinski definition) is 2. The molecule has 0 aromatic rings. The lowest BCUT2D eigenvalue weighted by Crippen LogP contribution is -2.49. The molecule has 8 heteroatoms. The Labute approximate surface area is 206 Å². The van der Waals surface area contributed by atoms with E-state index in [-0.39, 0.29) is 35.9 Å². The zero-order valence-corrected chi connectivity index (χ0v) is 22.1. The van der Waals surface area contributed by atoms with E-state index in [0.717, 1.165) is 77.7 Å². The molecule has 2 saturated heterocycles. The number of hydrogen-bond acceptors (Lipinski definition) is 4. The van der Waals surface area contributed by atoms with Crippen molar-refractivity contribution in [1.82, 2.24) is 20.4 Å². The van der Waals surface area contributed by atoms with Crippen molar-refractivity contribution < 1.29 is 9.53 Å². The Morgan fingerprint density at radius 1 is 1.10 bits per heavy atom. The van der Waals surface area contributed by atoms with E-state index < -0.39 is 0 Å². The molecule has 3 rings (SSSR count). The summed E-state index contributed by atoms with van der Waals surface area (Å²) < 4.78 is 5.52. The molecule has 1 aliphatic carbocycles. The zero-order chi connectivity index (χ0) is 21.3. The van der Waals surface area contributed by atoms with Crippen LogP contribution in [0.4, 0.5) is 0 Å². The van der Waals surface area contributed by atoms with Crippen LogP contribution in [0.15, 0.2) is 4.99 Å². The van der Waals surface area contributed by atoms with E-state index in [4.69, 9.17) is 9.73 Å². The van der Waals surface area contributed by atoms with E-state index in [1.165, 1.54) is 19.3 Å². The summed E-state index contributed by atoms with van der Waals surface area (Å²) in [5, 5.41) is 7.01. The van der Waals surface area contributed by atoms with E-state index in [0.29, 0.717) is 17.9 Å². The number of nitrogens with zero attached hydrogens (tertiary/aromatic N) is 3. The van der Waals surface area contributed by atoms with Crippen molar-refractivity contribution in [1.29, 1.82) is 0 Å². The highest BCUT2D eigenvalue weighted by molar-refractivity contribution is 14.0. The van der Waals surface area contributed by atoms with Crippen molar-refractivity contribution in [3.05, 3.63) is 0 Å².